The molecule has 0 N–H and O–H groups in total. The quantitative estimate of drug-likeness (QED) is 0.732. The number of nitrogens with zero attached hydrogens (tertiary/aromatic N) is 1. The molecular weight excluding hydrogens is 266 g/mol. The number of carbonyl (C=O) groups is 1. The van der Waals surface area contributed by atoms with Gasteiger partial charge in [-0.05, 0) is 33.6 Å². The van der Waals surface area contributed by atoms with Gasteiger partial charge in [-0.1, -0.05) is 30.7 Å². The Morgan fingerprint density at radius 3 is 2.76 bits per heavy atom. The van der Waals surface area contributed by atoms with Crippen LogP contribution in [0.3, 0.4) is 0 Å². The van der Waals surface area contributed by atoms with Crippen molar-refractivity contribution < 1.29 is 14.3 Å². The van der Waals surface area contributed by atoms with Crippen molar-refractivity contribution in [1.29, 1.82) is 0 Å². The molecule has 1 fully saturated rings. The number of methoxy groups -OCH3 is 1. The molecule has 0 aromatic carbocycles. The van der Waals surface area contributed by atoms with Crippen LogP contribution in [0.4, 0.5) is 0 Å². The SMILES string of the molecule is CCC1(C)OC2C=CC(C)=CC2(C)N(CCCOC)C1=O. The molecule has 1 amide bonds. The summed E-state index contributed by atoms with van der Waals surface area (Å²) in [5.74, 6) is 0.0826. The van der Waals surface area contributed by atoms with Crippen LogP contribution in [-0.4, -0.2) is 48.3 Å². The van der Waals surface area contributed by atoms with Crippen molar-refractivity contribution in [2.75, 3.05) is 20.3 Å². The van der Waals surface area contributed by atoms with Gasteiger partial charge in [-0.3, -0.25) is 4.79 Å². The van der Waals surface area contributed by atoms with Gasteiger partial charge in [-0.25, -0.2) is 0 Å². The highest BCUT2D eigenvalue weighted by molar-refractivity contribution is 5.87. The molecule has 1 aliphatic carbocycles. The Morgan fingerprint density at radius 2 is 2.14 bits per heavy atom. The van der Waals surface area contributed by atoms with Crippen molar-refractivity contribution in [1.82, 2.24) is 4.90 Å². The molecule has 4 nitrogen and oxygen atoms in total. The summed E-state index contributed by atoms with van der Waals surface area (Å²) in [5.41, 5.74) is 0.0286. The molecule has 4 heteroatoms. The molecule has 21 heavy (non-hydrogen) atoms. The van der Waals surface area contributed by atoms with Crippen LogP contribution in [0.2, 0.25) is 0 Å². The van der Waals surface area contributed by atoms with E-state index in [0.29, 0.717) is 19.6 Å². The van der Waals surface area contributed by atoms with E-state index >= 15 is 0 Å². The van der Waals surface area contributed by atoms with Crippen LogP contribution in [0, 0.1) is 0 Å². The van der Waals surface area contributed by atoms with E-state index in [1.165, 1.54) is 5.57 Å². The third-order valence-corrected chi connectivity index (χ3v) is 4.70. The third kappa shape index (κ3) is 2.79. The number of hydrogen-bond acceptors (Lipinski definition) is 3. The van der Waals surface area contributed by atoms with E-state index < -0.39 is 11.1 Å². The molecular formula is C17H27NO3. The van der Waals surface area contributed by atoms with Gasteiger partial charge < -0.3 is 14.4 Å². The summed E-state index contributed by atoms with van der Waals surface area (Å²) in [6.07, 6.45) is 7.73. The molecule has 2 rings (SSSR count). The van der Waals surface area contributed by atoms with Gasteiger partial charge in [0.25, 0.3) is 5.91 Å². The number of ether oxygens (including phenoxy) is 2. The van der Waals surface area contributed by atoms with Gasteiger partial charge in [-0.15, -0.1) is 0 Å². The lowest BCUT2D eigenvalue weighted by Crippen LogP contribution is -2.68. The van der Waals surface area contributed by atoms with Crippen molar-refractivity contribution >= 4 is 5.91 Å². The summed E-state index contributed by atoms with van der Waals surface area (Å²) in [4.78, 5) is 14.9. The molecule has 0 radical (unpaired) electrons. The molecule has 0 bridgehead atoms. The van der Waals surface area contributed by atoms with E-state index in [0.717, 1.165) is 6.42 Å². The van der Waals surface area contributed by atoms with Gasteiger partial charge in [0.05, 0.1) is 5.54 Å². The summed E-state index contributed by atoms with van der Waals surface area (Å²) >= 11 is 0. The van der Waals surface area contributed by atoms with Gasteiger partial charge in [0.2, 0.25) is 0 Å². The maximum absolute atomic E-state index is 12.9. The van der Waals surface area contributed by atoms with Crippen molar-refractivity contribution in [2.45, 2.75) is 57.8 Å². The summed E-state index contributed by atoms with van der Waals surface area (Å²) in [6.45, 7) is 9.40. The first-order chi connectivity index (χ1) is 9.87. The zero-order chi connectivity index (χ0) is 15.7. The largest absolute Gasteiger partial charge is 0.385 e. The minimum Gasteiger partial charge on any atom is -0.385 e. The summed E-state index contributed by atoms with van der Waals surface area (Å²) in [7, 11) is 1.69. The second kappa shape index (κ2) is 5.93. The van der Waals surface area contributed by atoms with E-state index in [1.807, 2.05) is 18.7 Å². The number of fused-ring (bicyclic) bond motifs is 1. The molecule has 1 aliphatic heterocycles. The fraction of sp³-hybridized carbons (Fsp3) is 0.706. The zero-order valence-electron chi connectivity index (χ0n) is 13.8. The standard InChI is InChI=1S/C17H27NO3/c1-6-17(4)15(19)18(10-7-11-20-5)16(3)12-13(2)8-9-14(16)21-17/h8-9,12,14H,6-7,10-11H2,1-5H3. The number of rotatable bonds is 5. The Hall–Kier alpha value is -1.13. The molecule has 1 heterocycles. The molecule has 3 atom stereocenters. The van der Waals surface area contributed by atoms with Crippen LogP contribution in [0.25, 0.3) is 0 Å². The van der Waals surface area contributed by atoms with Gasteiger partial charge in [0.1, 0.15) is 11.7 Å². The van der Waals surface area contributed by atoms with Crippen LogP contribution in [0.1, 0.15) is 40.5 Å². The second-order valence-corrected chi connectivity index (χ2v) is 6.40. The number of morpholine rings is 1. The highest BCUT2D eigenvalue weighted by Gasteiger charge is 2.53. The molecule has 0 aromatic rings. The lowest BCUT2D eigenvalue weighted by molar-refractivity contribution is -0.197. The lowest BCUT2D eigenvalue weighted by atomic mass is 9.81. The van der Waals surface area contributed by atoms with Crippen molar-refractivity contribution in [2.24, 2.45) is 0 Å². The summed E-state index contributed by atoms with van der Waals surface area (Å²) in [5, 5.41) is 0. The third-order valence-electron chi connectivity index (χ3n) is 4.70. The average molecular weight is 293 g/mol. The molecule has 1 saturated heterocycles. The Labute approximate surface area is 127 Å². The van der Waals surface area contributed by atoms with Gasteiger partial charge in [0.15, 0.2) is 0 Å². The minimum absolute atomic E-state index is 0.0826. The minimum atomic E-state index is -0.735. The fourth-order valence-electron chi connectivity index (χ4n) is 3.19. The van der Waals surface area contributed by atoms with E-state index in [-0.39, 0.29) is 12.0 Å². The molecule has 2 aliphatic rings. The predicted octanol–water partition coefficient (Wildman–Crippen LogP) is 2.69. The second-order valence-electron chi connectivity index (χ2n) is 6.40. The number of allylic oxidation sites excluding steroid dienone is 2. The van der Waals surface area contributed by atoms with E-state index in [4.69, 9.17) is 9.47 Å². The molecule has 0 spiro atoms. The van der Waals surface area contributed by atoms with Crippen LogP contribution in [0.5, 0.6) is 0 Å². The molecule has 118 valence electrons. The Bertz CT molecular complexity index is 471. The van der Waals surface area contributed by atoms with E-state index in [9.17, 15) is 4.79 Å². The maximum atomic E-state index is 12.9. The van der Waals surface area contributed by atoms with Crippen LogP contribution < -0.4 is 0 Å². The molecule has 0 aromatic heterocycles. The fourth-order valence-corrected chi connectivity index (χ4v) is 3.19. The Balaban J connectivity index is 2.34. The van der Waals surface area contributed by atoms with E-state index in [2.05, 4.69) is 32.1 Å². The highest BCUT2D eigenvalue weighted by atomic mass is 16.5. The van der Waals surface area contributed by atoms with Crippen LogP contribution >= 0.6 is 0 Å². The average Bonchev–Trinajstić information content (AvgIpc) is 2.44. The smallest absolute Gasteiger partial charge is 0.255 e. The first-order valence-corrected chi connectivity index (χ1v) is 7.74. The van der Waals surface area contributed by atoms with Crippen LogP contribution in [0.15, 0.2) is 23.8 Å². The molecule has 0 saturated carbocycles. The number of carbonyl (C=O) groups excluding carboxylic acids is 1. The van der Waals surface area contributed by atoms with Crippen molar-refractivity contribution in [3.8, 4) is 0 Å². The van der Waals surface area contributed by atoms with Gasteiger partial charge in [0, 0.05) is 20.3 Å². The van der Waals surface area contributed by atoms with Crippen LogP contribution in [-0.2, 0) is 14.3 Å². The Kier molecular flexibility index (Phi) is 4.59. The number of hydrogen-bond donors (Lipinski definition) is 0. The molecule has 3 unspecified atom stereocenters. The van der Waals surface area contributed by atoms with Crippen molar-refractivity contribution in [3.63, 3.8) is 0 Å². The van der Waals surface area contributed by atoms with Gasteiger partial charge in [-0.2, -0.15) is 0 Å². The highest BCUT2D eigenvalue weighted by Crippen LogP contribution is 2.40. The maximum Gasteiger partial charge on any atom is 0.255 e. The zero-order valence-corrected chi connectivity index (χ0v) is 13.8. The predicted molar refractivity (Wildman–Crippen MR) is 83.1 cm³/mol. The first kappa shape index (κ1) is 16.2. The normalized spacial score (nSPS) is 35.7. The van der Waals surface area contributed by atoms with Crippen molar-refractivity contribution in [3.05, 3.63) is 23.8 Å². The van der Waals surface area contributed by atoms with Gasteiger partial charge >= 0.3 is 0 Å². The first-order valence-electron chi connectivity index (χ1n) is 7.74. The monoisotopic (exact) mass is 293 g/mol. The topological polar surface area (TPSA) is 38.8 Å². The van der Waals surface area contributed by atoms with E-state index in [1.54, 1.807) is 7.11 Å². The Morgan fingerprint density at radius 1 is 1.43 bits per heavy atom. The summed E-state index contributed by atoms with van der Waals surface area (Å²) in [6, 6.07) is 0. The number of amides is 1. The summed E-state index contributed by atoms with van der Waals surface area (Å²) < 4.78 is 11.3. The lowest BCUT2D eigenvalue weighted by Gasteiger charge is -2.54.